The molecule has 6 heteroatoms. The lowest BCUT2D eigenvalue weighted by atomic mass is 10.0. The lowest BCUT2D eigenvalue weighted by molar-refractivity contribution is -0.167. The van der Waals surface area contributed by atoms with Crippen LogP contribution in [-0.2, 0) is 28.6 Å². The Bertz CT molecular complexity index is 1130. The highest BCUT2D eigenvalue weighted by atomic mass is 16.6. The molecule has 0 N–H and O–H groups in total. The summed E-state index contributed by atoms with van der Waals surface area (Å²) in [6.07, 6.45) is 74.1. The van der Waals surface area contributed by atoms with Gasteiger partial charge in [0.2, 0.25) is 0 Å². The molecule has 0 aliphatic rings. The highest BCUT2D eigenvalue weighted by Gasteiger charge is 2.19. The Hall–Kier alpha value is -1.85. The van der Waals surface area contributed by atoms with Crippen molar-refractivity contribution in [3.8, 4) is 0 Å². The number of hydrogen-bond donors (Lipinski definition) is 0. The molecule has 0 aromatic heterocycles. The second kappa shape index (κ2) is 62.7. The molecule has 6 nitrogen and oxygen atoms in total. The fourth-order valence-corrected chi connectivity index (χ4v) is 10.3. The third-order valence-corrected chi connectivity index (χ3v) is 15.3. The topological polar surface area (TPSA) is 78.9 Å². The maximum absolute atomic E-state index is 12.8. The summed E-state index contributed by atoms with van der Waals surface area (Å²) < 4.78 is 16.9. The number of ether oxygens (including phenoxy) is 3. The molecule has 1 unspecified atom stereocenters. The number of esters is 3. The predicted octanol–water partition coefficient (Wildman–Crippen LogP) is 22.4. The summed E-state index contributed by atoms with van der Waals surface area (Å²) in [5.41, 5.74) is 0. The summed E-state index contributed by atoms with van der Waals surface area (Å²) in [5.74, 6) is -0.840. The average Bonchev–Trinajstić information content (AvgIpc) is 3.39. The van der Waals surface area contributed by atoms with Gasteiger partial charge >= 0.3 is 17.9 Å². The number of hydrogen-bond acceptors (Lipinski definition) is 6. The Kier molecular flexibility index (Phi) is 61.1. The molecule has 0 saturated carbocycles. The van der Waals surface area contributed by atoms with Crippen LogP contribution in [0.5, 0.6) is 0 Å². The van der Waals surface area contributed by atoms with E-state index in [4.69, 9.17) is 14.2 Å². The standard InChI is InChI=1S/C67H128O6/c1-4-7-10-13-16-19-21-23-25-26-27-28-29-30-31-32-33-34-35-36-37-38-39-40-41-42-43-45-46-48-51-54-57-60-66(69)72-63-64(62-71-65(68)59-56-53-50-18-15-12-9-6-3)73-67(70)61-58-55-52-49-47-44-24-22-20-17-14-11-8-5-2/h26-27,64H,4-25,28-63H2,1-3H3/b27-26-. The van der Waals surface area contributed by atoms with Crippen molar-refractivity contribution in [2.24, 2.45) is 0 Å². The van der Waals surface area contributed by atoms with Crippen LogP contribution in [-0.4, -0.2) is 37.2 Å². The molecule has 0 fully saturated rings. The SMILES string of the molecule is CCCCCCCCCC/C=C\CCCCCCCCCCCCCCCCCCCCCCCC(=O)OCC(COC(=O)CCCCCCCCCC)OC(=O)CCCCCCCCCCCCCCCC. The summed E-state index contributed by atoms with van der Waals surface area (Å²) in [7, 11) is 0. The molecule has 0 spiro atoms. The van der Waals surface area contributed by atoms with Crippen LogP contribution >= 0.6 is 0 Å². The molecule has 0 heterocycles. The van der Waals surface area contributed by atoms with Gasteiger partial charge in [-0.1, -0.05) is 328 Å². The van der Waals surface area contributed by atoms with Crippen LogP contribution in [0.2, 0.25) is 0 Å². The number of rotatable bonds is 62. The van der Waals surface area contributed by atoms with E-state index in [2.05, 4.69) is 32.9 Å². The van der Waals surface area contributed by atoms with Crippen molar-refractivity contribution in [3.05, 3.63) is 12.2 Å². The molecule has 1 atom stereocenters. The average molecular weight is 1030 g/mol. The van der Waals surface area contributed by atoms with Crippen LogP contribution < -0.4 is 0 Å². The molecule has 73 heavy (non-hydrogen) atoms. The van der Waals surface area contributed by atoms with E-state index in [9.17, 15) is 14.4 Å². The quantitative estimate of drug-likeness (QED) is 0.0261. The fourth-order valence-electron chi connectivity index (χ4n) is 10.3. The van der Waals surface area contributed by atoms with Crippen molar-refractivity contribution in [2.75, 3.05) is 13.2 Å². The van der Waals surface area contributed by atoms with E-state index in [1.54, 1.807) is 0 Å². The first kappa shape index (κ1) is 71.2. The minimum atomic E-state index is -0.762. The van der Waals surface area contributed by atoms with E-state index in [0.29, 0.717) is 19.3 Å². The van der Waals surface area contributed by atoms with Gasteiger partial charge in [0.25, 0.3) is 0 Å². The van der Waals surface area contributed by atoms with Gasteiger partial charge in [-0.25, -0.2) is 0 Å². The van der Waals surface area contributed by atoms with Crippen molar-refractivity contribution in [2.45, 2.75) is 386 Å². The van der Waals surface area contributed by atoms with Crippen LogP contribution in [0.1, 0.15) is 380 Å². The minimum Gasteiger partial charge on any atom is -0.462 e. The van der Waals surface area contributed by atoms with Crippen LogP contribution in [0, 0.1) is 0 Å². The molecule has 0 bridgehead atoms. The van der Waals surface area contributed by atoms with Crippen molar-refractivity contribution in [3.63, 3.8) is 0 Å². The zero-order valence-electron chi connectivity index (χ0n) is 49.7. The summed E-state index contributed by atoms with van der Waals surface area (Å²) in [6, 6.07) is 0. The lowest BCUT2D eigenvalue weighted by Gasteiger charge is -2.18. The number of carbonyl (C=O) groups is 3. The van der Waals surface area contributed by atoms with Gasteiger partial charge in [-0.3, -0.25) is 14.4 Å². The monoisotopic (exact) mass is 1030 g/mol. The van der Waals surface area contributed by atoms with Gasteiger partial charge in [0.05, 0.1) is 0 Å². The van der Waals surface area contributed by atoms with E-state index in [0.717, 1.165) is 57.8 Å². The van der Waals surface area contributed by atoms with Crippen molar-refractivity contribution >= 4 is 17.9 Å². The largest absolute Gasteiger partial charge is 0.462 e. The third-order valence-electron chi connectivity index (χ3n) is 15.3. The van der Waals surface area contributed by atoms with E-state index in [1.165, 1.54) is 283 Å². The second-order valence-corrected chi connectivity index (χ2v) is 22.7. The molecular weight excluding hydrogens is 901 g/mol. The molecule has 0 aliphatic carbocycles. The van der Waals surface area contributed by atoms with Gasteiger partial charge in [-0.2, -0.15) is 0 Å². The Balaban J connectivity index is 3.93. The van der Waals surface area contributed by atoms with E-state index < -0.39 is 6.10 Å². The molecule has 0 rings (SSSR count). The number of allylic oxidation sites excluding steroid dienone is 2. The molecule has 0 saturated heterocycles. The van der Waals surface area contributed by atoms with Crippen LogP contribution in [0.3, 0.4) is 0 Å². The Morgan fingerprint density at radius 3 is 0.685 bits per heavy atom. The van der Waals surface area contributed by atoms with Crippen molar-refractivity contribution in [1.29, 1.82) is 0 Å². The Morgan fingerprint density at radius 2 is 0.452 bits per heavy atom. The van der Waals surface area contributed by atoms with Crippen LogP contribution in [0.25, 0.3) is 0 Å². The van der Waals surface area contributed by atoms with Crippen molar-refractivity contribution in [1.82, 2.24) is 0 Å². The lowest BCUT2D eigenvalue weighted by Crippen LogP contribution is -2.30. The van der Waals surface area contributed by atoms with Gasteiger partial charge < -0.3 is 14.2 Å². The molecule has 0 amide bonds. The molecule has 432 valence electrons. The zero-order valence-corrected chi connectivity index (χ0v) is 49.7. The van der Waals surface area contributed by atoms with Gasteiger partial charge in [0, 0.05) is 19.3 Å². The molecule has 0 aromatic carbocycles. The van der Waals surface area contributed by atoms with Gasteiger partial charge in [-0.15, -0.1) is 0 Å². The zero-order chi connectivity index (χ0) is 52.9. The number of carbonyl (C=O) groups excluding carboxylic acids is 3. The van der Waals surface area contributed by atoms with Crippen LogP contribution in [0.15, 0.2) is 12.2 Å². The van der Waals surface area contributed by atoms with Crippen LogP contribution in [0.4, 0.5) is 0 Å². The smallest absolute Gasteiger partial charge is 0.306 e. The Labute approximate surface area is 456 Å². The van der Waals surface area contributed by atoms with E-state index in [1.807, 2.05) is 0 Å². The normalized spacial score (nSPS) is 12.0. The highest BCUT2D eigenvalue weighted by Crippen LogP contribution is 2.18. The molecule has 0 aromatic rings. The maximum atomic E-state index is 12.8. The Morgan fingerprint density at radius 1 is 0.260 bits per heavy atom. The first-order valence-corrected chi connectivity index (χ1v) is 33.2. The third kappa shape index (κ3) is 60.9. The van der Waals surface area contributed by atoms with Gasteiger partial charge in [0.1, 0.15) is 13.2 Å². The summed E-state index contributed by atoms with van der Waals surface area (Å²) >= 11 is 0. The van der Waals surface area contributed by atoms with Gasteiger partial charge in [0.15, 0.2) is 6.10 Å². The minimum absolute atomic E-state index is 0.0628. The fraction of sp³-hybridized carbons (Fsp3) is 0.925. The molecule has 0 aliphatic heterocycles. The summed E-state index contributed by atoms with van der Waals surface area (Å²) in [5, 5.41) is 0. The number of unbranched alkanes of at least 4 members (excludes halogenated alkanes) is 49. The highest BCUT2D eigenvalue weighted by molar-refractivity contribution is 5.71. The summed E-state index contributed by atoms with van der Waals surface area (Å²) in [6.45, 7) is 6.67. The molecular formula is C67H128O6. The second-order valence-electron chi connectivity index (χ2n) is 22.7. The molecule has 0 radical (unpaired) electrons. The first-order valence-electron chi connectivity index (χ1n) is 33.2. The first-order chi connectivity index (χ1) is 36.0. The van der Waals surface area contributed by atoms with E-state index >= 15 is 0 Å². The van der Waals surface area contributed by atoms with Crippen molar-refractivity contribution < 1.29 is 28.6 Å². The predicted molar refractivity (Wildman–Crippen MR) is 317 cm³/mol. The summed E-state index contributed by atoms with van der Waals surface area (Å²) in [4.78, 5) is 38.0. The van der Waals surface area contributed by atoms with E-state index in [-0.39, 0.29) is 31.1 Å². The van der Waals surface area contributed by atoms with Gasteiger partial charge in [-0.05, 0) is 44.9 Å². The maximum Gasteiger partial charge on any atom is 0.306 e.